The molecule has 1 fully saturated rings. The molecule has 0 amide bonds. The van der Waals surface area contributed by atoms with Crippen molar-refractivity contribution >= 4 is 23.4 Å². The number of aromatic hydroxyl groups is 1. The minimum atomic E-state index is 0.122. The monoisotopic (exact) mass is 410 g/mol. The Morgan fingerprint density at radius 3 is 2.62 bits per heavy atom. The predicted molar refractivity (Wildman–Crippen MR) is 115 cm³/mol. The van der Waals surface area contributed by atoms with Gasteiger partial charge >= 0.3 is 0 Å². The van der Waals surface area contributed by atoms with E-state index < -0.39 is 0 Å². The van der Waals surface area contributed by atoms with Gasteiger partial charge in [0.2, 0.25) is 0 Å². The van der Waals surface area contributed by atoms with Crippen LogP contribution in [0.2, 0.25) is 5.02 Å². The Hall–Kier alpha value is -2.90. The van der Waals surface area contributed by atoms with Crippen molar-refractivity contribution in [1.82, 2.24) is 24.6 Å². The van der Waals surface area contributed by atoms with E-state index in [2.05, 4.69) is 37.0 Å². The number of hydrogen-bond acceptors (Lipinski definition) is 6. The first-order chi connectivity index (χ1) is 14.1. The van der Waals surface area contributed by atoms with Gasteiger partial charge in [-0.3, -0.25) is 4.90 Å². The Balaban J connectivity index is 1.32. The fraction of sp³-hybridized carbons (Fsp3) is 0.286. The van der Waals surface area contributed by atoms with Crippen molar-refractivity contribution in [2.75, 3.05) is 37.6 Å². The first kappa shape index (κ1) is 19.4. The van der Waals surface area contributed by atoms with Crippen LogP contribution in [-0.2, 0) is 0 Å². The van der Waals surface area contributed by atoms with Gasteiger partial charge in [0, 0.05) is 56.4 Å². The van der Waals surface area contributed by atoms with Crippen LogP contribution in [0.25, 0.3) is 12.0 Å². The first-order valence-electron chi connectivity index (χ1n) is 9.56. The van der Waals surface area contributed by atoms with E-state index >= 15 is 0 Å². The van der Waals surface area contributed by atoms with Crippen molar-refractivity contribution in [1.29, 1.82) is 0 Å². The summed E-state index contributed by atoms with van der Waals surface area (Å²) in [7, 11) is 0. The average Bonchev–Trinajstić information content (AvgIpc) is 3.12. The van der Waals surface area contributed by atoms with Crippen molar-refractivity contribution in [3.05, 3.63) is 65.2 Å². The van der Waals surface area contributed by atoms with Crippen LogP contribution in [0.5, 0.6) is 5.75 Å². The molecule has 150 valence electrons. The molecule has 8 heteroatoms. The highest BCUT2D eigenvalue weighted by molar-refractivity contribution is 6.32. The lowest BCUT2D eigenvalue weighted by atomic mass is 10.2. The maximum absolute atomic E-state index is 9.58. The lowest BCUT2D eigenvalue weighted by Crippen LogP contribution is -2.46. The van der Waals surface area contributed by atoms with Crippen LogP contribution in [0.3, 0.4) is 0 Å². The minimum Gasteiger partial charge on any atom is -0.506 e. The van der Waals surface area contributed by atoms with Crippen LogP contribution in [-0.4, -0.2) is 62.5 Å². The lowest BCUT2D eigenvalue weighted by Gasteiger charge is -2.35. The zero-order valence-electron chi connectivity index (χ0n) is 16.2. The van der Waals surface area contributed by atoms with Crippen LogP contribution in [0, 0.1) is 6.92 Å². The van der Waals surface area contributed by atoms with Crippen molar-refractivity contribution in [2.24, 2.45) is 0 Å². The van der Waals surface area contributed by atoms with Crippen LogP contribution in [0.15, 0.2) is 48.9 Å². The number of nitrogens with zero attached hydrogens (tertiary/aromatic N) is 6. The second kappa shape index (κ2) is 8.63. The van der Waals surface area contributed by atoms with Crippen molar-refractivity contribution < 1.29 is 5.11 Å². The normalized spacial score (nSPS) is 15.3. The number of piperazine rings is 1. The number of phenols is 1. The number of rotatable bonds is 5. The van der Waals surface area contributed by atoms with Crippen LogP contribution in [0.1, 0.15) is 11.3 Å². The van der Waals surface area contributed by atoms with Crippen molar-refractivity contribution in [3.63, 3.8) is 0 Å². The maximum atomic E-state index is 9.58. The molecule has 1 aliphatic heterocycles. The highest BCUT2D eigenvalue weighted by atomic mass is 35.5. The molecule has 7 nitrogen and oxygen atoms in total. The van der Waals surface area contributed by atoms with Gasteiger partial charge in [0.05, 0.1) is 16.9 Å². The molecule has 0 unspecified atom stereocenters. The van der Waals surface area contributed by atoms with Crippen molar-refractivity contribution in [3.8, 4) is 11.7 Å². The zero-order valence-corrected chi connectivity index (χ0v) is 17.0. The number of aromatic nitrogens is 4. The Bertz CT molecular complexity index is 996. The number of benzene rings is 1. The summed E-state index contributed by atoms with van der Waals surface area (Å²) < 4.78 is 1.75. The highest BCUT2D eigenvalue weighted by Gasteiger charge is 2.17. The molecule has 3 aromatic rings. The van der Waals surface area contributed by atoms with E-state index in [1.807, 2.05) is 25.3 Å². The predicted octanol–water partition coefficient (Wildman–Crippen LogP) is 3.17. The van der Waals surface area contributed by atoms with Gasteiger partial charge in [0.15, 0.2) is 0 Å². The van der Waals surface area contributed by atoms with E-state index in [4.69, 9.17) is 11.6 Å². The van der Waals surface area contributed by atoms with Gasteiger partial charge in [-0.2, -0.15) is 5.10 Å². The molecule has 1 N–H and O–H groups in total. The molecule has 0 radical (unpaired) electrons. The molecule has 0 atom stereocenters. The molecule has 1 aliphatic rings. The Labute approximate surface area is 174 Å². The molecule has 29 heavy (non-hydrogen) atoms. The van der Waals surface area contributed by atoms with E-state index in [-0.39, 0.29) is 5.75 Å². The standard InChI is InChI=1S/C21H23ClN6O/c1-16-17(15-25-28(16)21-23-7-3-8-24-21)4-2-9-26-10-12-27(13-11-26)18-5-6-20(29)19(22)14-18/h2-8,14-15,29H,9-13H2,1H3/b4-2+. The van der Waals surface area contributed by atoms with E-state index in [1.165, 1.54) is 0 Å². The van der Waals surface area contributed by atoms with E-state index in [0.717, 1.165) is 49.7 Å². The molecule has 0 aliphatic carbocycles. The summed E-state index contributed by atoms with van der Waals surface area (Å²) in [5.41, 5.74) is 3.13. The smallest absolute Gasteiger partial charge is 0.250 e. The van der Waals surface area contributed by atoms with Gasteiger partial charge in [-0.05, 0) is 31.2 Å². The van der Waals surface area contributed by atoms with E-state index in [1.54, 1.807) is 29.2 Å². The van der Waals surface area contributed by atoms with Gasteiger partial charge in [-0.15, -0.1) is 0 Å². The molecular formula is C21H23ClN6O. The van der Waals surface area contributed by atoms with Gasteiger partial charge in [-0.25, -0.2) is 14.6 Å². The van der Waals surface area contributed by atoms with Gasteiger partial charge < -0.3 is 10.0 Å². The Kier molecular flexibility index (Phi) is 5.78. The van der Waals surface area contributed by atoms with Gasteiger partial charge in [0.1, 0.15) is 5.75 Å². The van der Waals surface area contributed by atoms with E-state index in [0.29, 0.717) is 11.0 Å². The van der Waals surface area contributed by atoms with E-state index in [9.17, 15) is 5.11 Å². The van der Waals surface area contributed by atoms with Crippen LogP contribution < -0.4 is 4.90 Å². The summed E-state index contributed by atoms with van der Waals surface area (Å²) in [5, 5.41) is 14.4. The molecular weight excluding hydrogens is 388 g/mol. The molecule has 1 saturated heterocycles. The Morgan fingerprint density at radius 2 is 1.90 bits per heavy atom. The molecule has 3 heterocycles. The highest BCUT2D eigenvalue weighted by Crippen LogP contribution is 2.28. The van der Waals surface area contributed by atoms with Crippen LogP contribution >= 0.6 is 11.6 Å². The fourth-order valence-corrected chi connectivity index (χ4v) is 3.57. The Morgan fingerprint density at radius 1 is 1.14 bits per heavy atom. The quantitative estimate of drug-likeness (QED) is 0.696. The molecule has 1 aromatic carbocycles. The molecule has 0 saturated carbocycles. The second-order valence-electron chi connectivity index (χ2n) is 6.97. The van der Waals surface area contributed by atoms with Crippen LogP contribution in [0.4, 0.5) is 5.69 Å². The molecule has 4 rings (SSSR count). The summed E-state index contributed by atoms with van der Waals surface area (Å²) in [6.07, 6.45) is 9.55. The lowest BCUT2D eigenvalue weighted by molar-refractivity contribution is 0.284. The number of hydrogen-bond donors (Lipinski definition) is 1. The number of phenolic OH excluding ortho intramolecular Hbond substituents is 1. The SMILES string of the molecule is Cc1c(/C=C/CN2CCN(c3ccc(O)c(Cl)c3)CC2)cnn1-c1ncccn1. The third-order valence-corrected chi connectivity index (χ3v) is 5.42. The fourth-order valence-electron chi connectivity index (χ4n) is 3.40. The largest absolute Gasteiger partial charge is 0.506 e. The summed E-state index contributed by atoms with van der Waals surface area (Å²) in [5.74, 6) is 0.701. The maximum Gasteiger partial charge on any atom is 0.250 e. The molecule has 2 aromatic heterocycles. The van der Waals surface area contributed by atoms with Gasteiger partial charge in [-0.1, -0.05) is 23.8 Å². The average molecular weight is 411 g/mol. The van der Waals surface area contributed by atoms with Crippen molar-refractivity contribution in [2.45, 2.75) is 6.92 Å². The molecule has 0 bridgehead atoms. The third kappa shape index (κ3) is 4.41. The molecule has 0 spiro atoms. The summed E-state index contributed by atoms with van der Waals surface area (Å²) in [6.45, 7) is 6.70. The minimum absolute atomic E-state index is 0.122. The summed E-state index contributed by atoms with van der Waals surface area (Å²) in [4.78, 5) is 13.2. The third-order valence-electron chi connectivity index (χ3n) is 5.12. The second-order valence-corrected chi connectivity index (χ2v) is 7.38. The summed E-state index contributed by atoms with van der Waals surface area (Å²) in [6, 6.07) is 7.17. The topological polar surface area (TPSA) is 70.3 Å². The van der Waals surface area contributed by atoms with Gasteiger partial charge in [0.25, 0.3) is 5.95 Å². The zero-order chi connectivity index (χ0) is 20.2. The summed E-state index contributed by atoms with van der Waals surface area (Å²) >= 11 is 6.03. The number of halogens is 1. The number of anilines is 1. The first-order valence-corrected chi connectivity index (χ1v) is 9.94.